The van der Waals surface area contributed by atoms with E-state index in [1.165, 1.54) is 16.8 Å². The van der Waals surface area contributed by atoms with Crippen LogP contribution in [0.3, 0.4) is 0 Å². The van der Waals surface area contributed by atoms with Crippen LogP contribution in [0.25, 0.3) is 0 Å². The van der Waals surface area contributed by atoms with Crippen LogP contribution in [0.2, 0.25) is 0 Å². The predicted molar refractivity (Wildman–Crippen MR) is 116 cm³/mol. The van der Waals surface area contributed by atoms with E-state index in [1.54, 1.807) is 29.2 Å². The normalized spacial score (nSPS) is 15.0. The third kappa shape index (κ3) is 4.75. The van der Waals surface area contributed by atoms with Crippen LogP contribution in [0.5, 0.6) is 0 Å². The summed E-state index contributed by atoms with van der Waals surface area (Å²) in [5.74, 6) is -0.258. The topological polar surface area (TPSA) is 57.7 Å². The number of amides is 1. The van der Waals surface area contributed by atoms with Crippen LogP contribution >= 0.6 is 15.9 Å². The summed E-state index contributed by atoms with van der Waals surface area (Å²) in [7, 11) is -3.45. The molecule has 0 spiro atoms. The molecule has 150 valence electrons. The van der Waals surface area contributed by atoms with E-state index in [0.29, 0.717) is 13.1 Å². The van der Waals surface area contributed by atoms with Gasteiger partial charge in [0, 0.05) is 42.8 Å². The molecule has 7 heteroatoms. The van der Waals surface area contributed by atoms with Gasteiger partial charge in [-0.2, -0.15) is 0 Å². The quantitative estimate of drug-likeness (QED) is 0.678. The summed E-state index contributed by atoms with van der Waals surface area (Å²) in [5, 5.41) is 0. The Bertz CT molecular complexity index is 950. The van der Waals surface area contributed by atoms with Crippen molar-refractivity contribution >= 4 is 37.4 Å². The molecule has 0 saturated carbocycles. The number of hydrogen-bond acceptors (Lipinski definition) is 4. The van der Waals surface area contributed by atoms with E-state index < -0.39 is 9.84 Å². The third-order valence-electron chi connectivity index (χ3n) is 5.31. The second-order valence-corrected chi connectivity index (χ2v) is 10.1. The molecule has 1 amide bonds. The molecule has 2 aromatic rings. The standard InChI is InChI=1S/C21H25BrN2O3S/c1-16-4-3-5-20(17(16)2)23-11-13-24(14-12-23)21(25)10-15-28(26,27)19-8-6-18(22)7-9-19/h3-9H,10-15H2,1-2H3. The van der Waals surface area contributed by atoms with Crippen LogP contribution in [0.4, 0.5) is 5.69 Å². The maximum Gasteiger partial charge on any atom is 0.223 e. The van der Waals surface area contributed by atoms with E-state index in [0.717, 1.165) is 17.6 Å². The molecule has 5 nitrogen and oxygen atoms in total. The zero-order valence-electron chi connectivity index (χ0n) is 16.2. The maximum absolute atomic E-state index is 12.5. The summed E-state index contributed by atoms with van der Waals surface area (Å²) in [6.07, 6.45) is 0.0157. The SMILES string of the molecule is Cc1cccc(N2CCN(C(=O)CCS(=O)(=O)c3ccc(Br)cc3)CC2)c1C. The van der Waals surface area contributed by atoms with Gasteiger partial charge in [-0.25, -0.2) is 8.42 Å². The van der Waals surface area contributed by atoms with E-state index in [4.69, 9.17) is 0 Å². The van der Waals surface area contributed by atoms with Gasteiger partial charge in [-0.3, -0.25) is 4.79 Å². The zero-order valence-corrected chi connectivity index (χ0v) is 18.6. The number of sulfone groups is 1. The van der Waals surface area contributed by atoms with Crippen molar-refractivity contribution in [3.63, 3.8) is 0 Å². The predicted octanol–water partition coefficient (Wildman–Crippen LogP) is 3.58. The summed E-state index contributed by atoms with van der Waals surface area (Å²) < 4.78 is 25.7. The zero-order chi connectivity index (χ0) is 20.3. The van der Waals surface area contributed by atoms with E-state index in [1.807, 2.05) is 0 Å². The Hall–Kier alpha value is -1.86. The van der Waals surface area contributed by atoms with Gasteiger partial charge in [0.1, 0.15) is 0 Å². The van der Waals surface area contributed by atoms with Crippen molar-refractivity contribution in [2.45, 2.75) is 25.2 Å². The number of anilines is 1. The molecule has 3 rings (SSSR count). The molecule has 0 aliphatic carbocycles. The van der Waals surface area contributed by atoms with Crippen molar-refractivity contribution in [3.05, 3.63) is 58.1 Å². The van der Waals surface area contributed by atoms with Crippen LogP contribution in [0.1, 0.15) is 17.5 Å². The highest BCUT2D eigenvalue weighted by atomic mass is 79.9. The largest absolute Gasteiger partial charge is 0.368 e. The van der Waals surface area contributed by atoms with Crippen molar-refractivity contribution in [3.8, 4) is 0 Å². The molecule has 28 heavy (non-hydrogen) atoms. The first-order valence-corrected chi connectivity index (χ1v) is 11.8. The monoisotopic (exact) mass is 464 g/mol. The molecule has 1 aliphatic heterocycles. The minimum atomic E-state index is -3.45. The Kier molecular flexibility index (Phi) is 6.45. The lowest BCUT2D eigenvalue weighted by atomic mass is 10.1. The summed E-state index contributed by atoms with van der Waals surface area (Å²) in [6.45, 7) is 6.97. The number of nitrogens with zero attached hydrogens (tertiary/aromatic N) is 2. The first-order chi connectivity index (χ1) is 13.3. The highest BCUT2D eigenvalue weighted by Crippen LogP contribution is 2.24. The smallest absolute Gasteiger partial charge is 0.223 e. The fourth-order valence-electron chi connectivity index (χ4n) is 3.41. The van der Waals surface area contributed by atoms with Gasteiger partial charge < -0.3 is 9.80 Å². The first kappa shape index (κ1) is 20.9. The Morgan fingerprint density at radius 3 is 2.29 bits per heavy atom. The Morgan fingerprint density at radius 2 is 1.64 bits per heavy atom. The lowest BCUT2D eigenvalue weighted by Crippen LogP contribution is -2.49. The lowest BCUT2D eigenvalue weighted by Gasteiger charge is -2.37. The van der Waals surface area contributed by atoms with Gasteiger partial charge in [-0.1, -0.05) is 28.1 Å². The molecule has 0 unspecified atom stereocenters. The number of benzene rings is 2. The van der Waals surface area contributed by atoms with Crippen LogP contribution < -0.4 is 4.90 Å². The second kappa shape index (κ2) is 8.66. The Labute approximate surface area is 175 Å². The van der Waals surface area contributed by atoms with Gasteiger partial charge in [-0.05, 0) is 55.3 Å². The molecule has 0 N–H and O–H groups in total. The Morgan fingerprint density at radius 1 is 1.00 bits per heavy atom. The molecule has 1 aliphatic rings. The summed E-state index contributed by atoms with van der Waals surface area (Å²) >= 11 is 3.30. The first-order valence-electron chi connectivity index (χ1n) is 9.35. The molecule has 0 bridgehead atoms. The van der Waals surface area contributed by atoms with Crippen LogP contribution in [-0.4, -0.2) is 51.2 Å². The number of hydrogen-bond donors (Lipinski definition) is 0. The molecule has 1 saturated heterocycles. The molecular weight excluding hydrogens is 440 g/mol. The number of aryl methyl sites for hydroxylation is 1. The third-order valence-corrected chi connectivity index (χ3v) is 7.57. The van der Waals surface area contributed by atoms with Crippen molar-refractivity contribution in [2.24, 2.45) is 0 Å². The number of carbonyl (C=O) groups excluding carboxylic acids is 1. The average molecular weight is 465 g/mol. The Balaban J connectivity index is 1.55. The molecular formula is C21H25BrN2O3S. The van der Waals surface area contributed by atoms with Crippen LogP contribution in [0.15, 0.2) is 51.8 Å². The van der Waals surface area contributed by atoms with Crippen molar-refractivity contribution in [1.29, 1.82) is 0 Å². The molecule has 0 aromatic heterocycles. The highest BCUT2D eigenvalue weighted by Gasteiger charge is 2.24. The van der Waals surface area contributed by atoms with E-state index >= 15 is 0 Å². The van der Waals surface area contributed by atoms with Gasteiger partial charge in [0.15, 0.2) is 9.84 Å². The number of halogens is 1. The van der Waals surface area contributed by atoms with Crippen molar-refractivity contribution < 1.29 is 13.2 Å². The van der Waals surface area contributed by atoms with E-state index in [-0.39, 0.29) is 23.0 Å². The minimum absolute atomic E-state index is 0.0157. The summed E-state index contributed by atoms with van der Waals surface area (Å²) in [5.41, 5.74) is 3.74. The highest BCUT2D eigenvalue weighted by molar-refractivity contribution is 9.10. The van der Waals surface area contributed by atoms with Gasteiger partial charge >= 0.3 is 0 Å². The van der Waals surface area contributed by atoms with E-state index in [2.05, 4.69) is 52.9 Å². The number of piperazine rings is 1. The molecule has 1 heterocycles. The van der Waals surface area contributed by atoms with Crippen molar-refractivity contribution in [1.82, 2.24) is 4.90 Å². The minimum Gasteiger partial charge on any atom is -0.368 e. The number of rotatable bonds is 5. The lowest BCUT2D eigenvalue weighted by molar-refractivity contribution is -0.131. The van der Waals surface area contributed by atoms with E-state index in [9.17, 15) is 13.2 Å². The van der Waals surface area contributed by atoms with Crippen molar-refractivity contribution in [2.75, 3.05) is 36.8 Å². The van der Waals surface area contributed by atoms with Crippen LogP contribution in [0, 0.1) is 13.8 Å². The summed E-state index contributed by atoms with van der Waals surface area (Å²) in [6, 6.07) is 12.8. The fraction of sp³-hybridized carbons (Fsp3) is 0.381. The molecule has 0 radical (unpaired) electrons. The fourth-order valence-corrected chi connectivity index (χ4v) is 4.91. The van der Waals surface area contributed by atoms with Gasteiger partial charge in [-0.15, -0.1) is 0 Å². The number of carbonyl (C=O) groups is 1. The van der Waals surface area contributed by atoms with Gasteiger partial charge in [0.25, 0.3) is 0 Å². The second-order valence-electron chi connectivity index (χ2n) is 7.11. The summed E-state index contributed by atoms with van der Waals surface area (Å²) in [4.78, 5) is 16.9. The maximum atomic E-state index is 12.5. The molecule has 0 atom stereocenters. The van der Waals surface area contributed by atoms with Gasteiger partial charge in [0.05, 0.1) is 10.6 Å². The molecule has 1 fully saturated rings. The van der Waals surface area contributed by atoms with Crippen LogP contribution in [-0.2, 0) is 14.6 Å². The average Bonchev–Trinajstić information content (AvgIpc) is 2.69. The molecule has 2 aromatic carbocycles. The van der Waals surface area contributed by atoms with Gasteiger partial charge in [0.2, 0.25) is 5.91 Å².